The molecule has 0 radical (unpaired) electrons. The molecule has 2 aromatic carbocycles. The Morgan fingerprint density at radius 1 is 0.938 bits per heavy atom. The zero-order chi connectivity index (χ0) is 33.8. The largest absolute Gasteiger partial charge is 0.487 e. The highest BCUT2D eigenvalue weighted by Gasteiger charge is 2.77. The smallest absolute Gasteiger partial charge is 0.330 e. The van der Waals surface area contributed by atoms with E-state index in [1.54, 1.807) is 43.5 Å². The van der Waals surface area contributed by atoms with Gasteiger partial charge in [0.25, 0.3) is 5.79 Å². The van der Waals surface area contributed by atoms with E-state index in [1.165, 1.54) is 19.6 Å². The average Bonchev–Trinajstić information content (AvgIpc) is 3.08. The Morgan fingerprint density at radius 3 is 2.21 bits per heavy atom. The third kappa shape index (κ3) is 5.42. The predicted molar refractivity (Wildman–Crippen MR) is 168 cm³/mol. The zero-order valence-electron chi connectivity index (χ0n) is 26.7. The third-order valence-corrected chi connectivity index (χ3v) is 11.3. The van der Waals surface area contributed by atoms with E-state index in [0.29, 0.717) is 34.5 Å². The van der Waals surface area contributed by atoms with E-state index in [9.17, 15) is 25.2 Å². The number of benzene rings is 2. The molecule has 1 spiro atoms. The monoisotopic (exact) mass is 688 g/mol. The van der Waals surface area contributed by atoms with Crippen molar-refractivity contribution in [3.05, 3.63) is 64.2 Å². The number of aliphatic hydroxyl groups is 4. The van der Waals surface area contributed by atoms with Gasteiger partial charge in [0, 0.05) is 24.3 Å². The van der Waals surface area contributed by atoms with Crippen LogP contribution in [0.15, 0.2) is 42.5 Å². The molecule has 12 nitrogen and oxygen atoms in total. The van der Waals surface area contributed by atoms with Crippen LogP contribution in [0.5, 0.6) is 11.5 Å². The lowest BCUT2D eigenvalue weighted by Crippen LogP contribution is -2.76. The van der Waals surface area contributed by atoms with Crippen LogP contribution >= 0.6 is 11.6 Å². The number of halogens is 1. The molecule has 13 heteroatoms. The number of hydrogen-bond donors (Lipinski definition) is 4. The predicted octanol–water partition coefficient (Wildman–Crippen LogP) is 3.24. The molecule has 0 amide bonds. The fraction of sp³-hybridized carbons (Fsp3) is 0.571. The zero-order valence-corrected chi connectivity index (χ0v) is 27.5. The fourth-order valence-corrected chi connectivity index (χ4v) is 9.13. The molecule has 4 saturated carbocycles. The molecule has 2 saturated heterocycles. The van der Waals surface area contributed by atoms with E-state index in [-0.39, 0.29) is 23.5 Å². The number of ether oxygens (including phenoxy) is 5. The van der Waals surface area contributed by atoms with Crippen LogP contribution in [0, 0.1) is 23.7 Å². The Kier molecular flexibility index (Phi) is 9.24. The molecule has 260 valence electrons. The standard InChI is InChI=1S/C35H41ClO12/c1-42-27(38)10-6-21-5-9-25(35(43-2)34(47-48-35)22-12-19-11-20(14-22)15-23(34)13-19)28(36)32(21)44-17-18-3-7-24(8-4-18)45-33-31(41)30(40)29(39)26(16-37)46-33/h3-10,19-20,22-23,26,29-31,33,37,39-41H,11-17H2,1-2H3/b10-6+. The Morgan fingerprint density at radius 2 is 1.62 bits per heavy atom. The van der Waals surface area contributed by atoms with Crippen LogP contribution in [-0.2, 0) is 41.2 Å². The highest BCUT2D eigenvalue weighted by Crippen LogP contribution is 2.70. The number of methoxy groups -OCH3 is 2. The van der Waals surface area contributed by atoms with Crippen LogP contribution in [0.3, 0.4) is 0 Å². The van der Waals surface area contributed by atoms with Crippen molar-refractivity contribution in [2.24, 2.45) is 23.7 Å². The van der Waals surface area contributed by atoms with E-state index >= 15 is 0 Å². The van der Waals surface area contributed by atoms with E-state index < -0.39 is 54.7 Å². The first-order valence-electron chi connectivity index (χ1n) is 16.3. The van der Waals surface area contributed by atoms with E-state index in [4.69, 9.17) is 45.1 Å². The van der Waals surface area contributed by atoms with E-state index in [2.05, 4.69) is 0 Å². The Balaban J connectivity index is 1.14. The quantitative estimate of drug-likeness (QED) is 0.164. The van der Waals surface area contributed by atoms with Crippen LogP contribution in [0.1, 0.15) is 48.8 Å². The first-order valence-corrected chi connectivity index (χ1v) is 16.7. The van der Waals surface area contributed by atoms with Gasteiger partial charge in [-0.1, -0.05) is 35.9 Å². The third-order valence-electron chi connectivity index (χ3n) is 10.9. The molecule has 6 fully saturated rings. The number of carbonyl (C=O) groups is 1. The Bertz CT molecular complexity index is 1500. The minimum absolute atomic E-state index is 0.0830. The van der Waals surface area contributed by atoms with Crippen molar-refractivity contribution >= 4 is 23.6 Å². The summed E-state index contributed by atoms with van der Waals surface area (Å²) in [5.74, 6) is 0.844. The van der Waals surface area contributed by atoms with Crippen molar-refractivity contribution < 1.29 is 58.7 Å². The maximum atomic E-state index is 12.0. The molecule has 0 aromatic heterocycles. The van der Waals surface area contributed by atoms with Crippen molar-refractivity contribution in [1.82, 2.24) is 0 Å². The summed E-state index contributed by atoms with van der Waals surface area (Å²) in [7, 11) is 2.91. The molecular weight excluding hydrogens is 648 g/mol. The second-order valence-electron chi connectivity index (χ2n) is 13.5. The molecule has 2 aliphatic heterocycles. The van der Waals surface area contributed by atoms with Crippen molar-refractivity contribution in [1.29, 1.82) is 0 Å². The number of carbonyl (C=O) groups excluding carboxylic acids is 1. The second-order valence-corrected chi connectivity index (χ2v) is 13.9. The maximum Gasteiger partial charge on any atom is 0.330 e. The molecule has 8 rings (SSSR count). The van der Waals surface area contributed by atoms with Crippen molar-refractivity contribution in [3.8, 4) is 11.5 Å². The number of hydrogen-bond acceptors (Lipinski definition) is 12. The van der Waals surface area contributed by atoms with Crippen LogP contribution in [0.2, 0.25) is 5.02 Å². The van der Waals surface area contributed by atoms with Crippen molar-refractivity contribution in [2.45, 2.75) is 80.8 Å². The molecule has 6 unspecified atom stereocenters. The first-order chi connectivity index (χ1) is 23.1. The summed E-state index contributed by atoms with van der Waals surface area (Å²) >= 11 is 7.19. The van der Waals surface area contributed by atoms with Crippen LogP contribution in [0.4, 0.5) is 0 Å². The maximum absolute atomic E-state index is 12.0. The molecule has 48 heavy (non-hydrogen) atoms. The van der Waals surface area contributed by atoms with Gasteiger partial charge in [-0.2, -0.15) is 4.89 Å². The molecule has 6 aliphatic rings. The van der Waals surface area contributed by atoms with Gasteiger partial charge in [-0.05, 0) is 79.5 Å². The fourth-order valence-electron chi connectivity index (χ4n) is 8.78. The minimum Gasteiger partial charge on any atom is -0.487 e. The van der Waals surface area contributed by atoms with Gasteiger partial charge in [0.1, 0.15) is 42.5 Å². The molecule has 6 atom stereocenters. The summed E-state index contributed by atoms with van der Waals surface area (Å²) in [4.78, 5) is 24.1. The van der Waals surface area contributed by atoms with Gasteiger partial charge in [-0.3, -0.25) is 0 Å². The summed E-state index contributed by atoms with van der Waals surface area (Å²) in [5.41, 5.74) is 1.22. The number of rotatable bonds is 10. The molecule has 2 aromatic rings. The lowest BCUT2D eigenvalue weighted by Gasteiger charge is -2.68. The highest BCUT2D eigenvalue weighted by molar-refractivity contribution is 6.33. The summed E-state index contributed by atoms with van der Waals surface area (Å²) in [5, 5.41) is 40.2. The first kappa shape index (κ1) is 33.7. The van der Waals surface area contributed by atoms with Crippen LogP contribution in [-0.4, -0.2) is 83.5 Å². The molecule has 4 bridgehead atoms. The average molecular weight is 689 g/mol. The van der Waals surface area contributed by atoms with E-state index in [0.717, 1.165) is 31.2 Å². The Hall–Kier alpha value is -2.78. The van der Waals surface area contributed by atoms with Gasteiger partial charge in [-0.15, -0.1) is 0 Å². The van der Waals surface area contributed by atoms with Gasteiger partial charge >= 0.3 is 5.97 Å². The van der Waals surface area contributed by atoms with Gasteiger partial charge < -0.3 is 44.1 Å². The summed E-state index contributed by atoms with van der Waals surface area (Å²) in [6.07, 6.45) is 1.45. The van der Waals surface area contributed by atoms with Crippen LogP contribution < -0.4 is 9.47 Å². The minimum atomic E-state index is -1.55. The Labute approximate surface area is 283 Å². The molecule has 2 heterocycles. The van der Waals surface area contributed by atoms with Crippen LogP contribution in [0.25, 0.3) is 6.08 Å². The highest BCUT2D eigenvalue weighted by atomic mass is 35.5. The van der Waals surface area contributed by atoms with Crippen molar-refractivity contribution in [3.63, 3.8) is 0 Å². The number of aliphatic hydroxyl groups excluding tert-OH is 4. The molecule has 4 N–H and O–H groups in total. The lowest BCUT2D eigenvalue weighted by molar-refractivity contribution is -0.645. The van der Waals surface area contributed by atoms with Gasteiger partial charge in [0.2, 0.25) is 6.29 Å². The van der Waals surface area contributed by atoms with Crippen molar-refractivity contribution in [2.75, 3.05) is 20.8 Å². The van der Waals surface area contributed by atoms with Gasteiger partial charge in [0.05, 0.1) is 18.7 Å². The lowest BCUT2D eigenvalue weighted by atomic mass is 9.47. The van der Waals surface area contributed by atoms with Gasteiger partial charge in [-0.25, -0.2) is 9.68 Å². The molecule has 4 aliphatic carbocycles. The normalized spacial score (nSPS) is 38.3. The summed E-state index contributed by atoms with van der Waals surface area (Å²) in [6.45, 7) is -0.477. The SMILES string of the molecule is COC(=O)/C=C/c1ccc(C2(OC)OOC23C2CC4CC(C2)CC3C4)c(Cl)c1OCc1ccc(OC2OC(CO)C(O)C(O)C2O)cc1. The van der Waals surface area contributed by atoms with Gasteiger partial charge in [0.15, 0.2) is 5.60 Å². The number of esters is 1. The molecular formula is C35H41ClO12. The second kappa shape index (κ2) is 13.2. The summed E-state index contributed by atoms with van der Waals surface area (Å²) in [6, 6.07) is 10.4. The topological polar surface area (TPSA) is 163 Å². The summed E-state index contributed by atoms with van der Waals surface area (Å²) < 4.78 is 28.5. The van der Waals surface area contributed by atoms with E-state index in [1.807, 2.05) is 6.07 Å².